The highest BCUT2D eigenvalue weighted by Crippen LogP contribution is 2.20. The van der Waals surface area contributed by atoms with Crippen LogP contribution in [0.15, 0.2) is 24.3 Å². The number of carbonyl (C=O) groups excluding carboxylic acids is 1. The molecule has 2 N–H and O–H groups in total. The minimum absolute atomic E-state index is 0.0164. The summed E-state index contributed by atoms with van der Waals surface area (Å²) in [5, 5.41) is 11.9. The highest BCUT2D eigenvalue weighted by Gasteiger charge is 2.23. The molecule has 100 valence electrons. The number of aliphatic hydroxyl groups is 1. The van der Waals surface area contributed by atoms with Gasteiger partial charge in [-0.3, -0.25) is 4.79 Å². The number of rotatable bonds is 6. The zero-order valence-electron chi connectivity index (χ0n) is 10.5. The molecular formula is C13H18ClNO3. The molecule has 1 rings (SSSR count). The Labute approximate surface area is 112 Å². The Morgan fingerprint density at radius 1 is 1.50 bits per heavy atom. The first-order chi connectivity index (χ1) is 8.54. The molecule has 0 aliphatic rings. The first-order valence-corrected chi connectivity index (χ1v) is 6.23. The normalized spacial score (nSPS) is 12.3. The van der Waals surface area contributed by atoms with Crippen LogP contribution >= 0.6 is 11.6 Å². The smallest absolute Gasteiger partial charge is 0.261 e. The van der Waals surface area contributed by atoms with E-state index in [4.69, 9.17) is 21.4 Å². The Morgan fingerprint density at radius 3 is 2.78 bits per heavy atom. The number of carbonyl (C=O) groups is 1. The molecule has 0 radical (unpaired) electrons. The number of amides is 1. The van der Waals surface area contributed by atoms with Gasteiger partial charge in [0.05, 0.1) is 6.61 Å². The first-order valence-electron chi connectivity index (χ1n) is 5.85. The van der Waals surface area contributed by atoms with Gasteiger partial charge in [0.25, 0.3) is 5.91 Å². The van der Waals surface area contributed by atoms with E-state index in [1.165, 1.54) is 0 Å². The van der Waals surface area contributed by atoms with E-state index in [0.29, 0.717) is 10.8 Å². The predicted molar refractivity (Wildman–Crippen MR) is 70.8 cm³/mol. The average molecular weight is 272 g/mol. The summed E-state index contributed by atoms with van der Waals surface area (Å²) >= 11 is 5.86. The van der Waals surface area contributed by atoms with Crippen LogP contribution in [0.25, 0.3) is 0 Å². The van der Waals surface area contributed by atoms with E-state index in [9.17, 15) is 4.79 Å². The highest BCUT2D eigenvalue weighted by atomic mass is 35.5. The molecule has 18 heavy (non-hydrogen) atoms. The number of benzene rings is 1. The van der Waals surface area contributed by atoms with Gasteiger partial charge in [0.15, 0.2) is 6.10 Å². The predicted octanol–water partition coefficient (Wildman–Crippen LogP) is 1.85. The van der Waals surface area contributed by atoms with Gasteiger partial charge in [-0.25, -0.2) is 0 Å². The minimum Gasteiger partial charge on any atom is -0.480 e. The molecule has 0 saturated carbocycles. The second-order valence-corrected chi connectivity index (χ2v) is 4.69. The molecule has 1 atom stereocenters. The van der Waals surface area contributed by atoms with Crippen molar-refractivity contribution < 1.29 is 14.6 Å². The van der Waals surface area contributed by atoms with Crippen LogP contribution in [-0.2, 0) is 4.79 Å². The van der Waals surface area contributed by atoms with Gasteiger partial charge in [-0.05, 0) is 24.1 Å². The van der Waals surface area contributed by atoms with Crippen molar-refractivity contribution in [3.8, 4) is 5.75 Å². The summed E-state index contributed by atoms with van der Waals surface area (Å²) in [6.07, 6.45) is -0.602. The molecule has 0 spiro atoms. The van der Waals surface area contributed by atoms with Crippen LogP contribution < -0.4 is 10.1 Å². The van der Waals surface area contributed by atoms with E-state index in [-0.39, 0.29) is 25.0 Å². The maximum Gasteiger partial charge on any atom is 0.261 e. The maximum atomic E-state index is 11.9. The molecule has 1 unspecified atom stereocenters. The molecule has 0 bridgehead atoms. The topological polar surface area (TPSA) is 58.6 Å². The third kappa shape index (κ3) is 4.55. The summed E-state index contributed by atoms with van der Waals surface area (Å²) < 4.78 is 5.64. The molecule has 1 amide bonds. The number of halogens is 1. The first kappa shape index (κ1) is 14.8. The lowest BCUT2D eigenvalue weighted by Crippen LogP contribution is -2.42. The molecule has 5 heteroatoms. The molecular weight excluding hydrogens is 254 g/mol. The van der Waals surface area contributed by atoms with Crippen LogP contribution in [0.5, 0.6) is 5.75 Å². The Kier molecular flexibility index (Phi) is 5.95. The molecule has 0 aromatic heterocycles. The summed E-state index contributed by atoms with van der Waals surface area (Å²) in [5.41, 5.74) is 0. The van der Waals surface area contributed by atoms with Crippen molar-refractivity contribution in [1.82, 2.24) is 5.32 Å². The summed E-state index contributed by atoms with van der Waals surface area (Å²) in [4.78, 5) is 11.9. The van der Waals surface area contributed by atoms with Gasteiger partial charge in [0.1, 0.15) is 5.75 Å². The van der Waals surface area contributed by atoms with E-state index < -0.39 is 6.10 Å². The monoisotopic (exact) mass is 271 g/mol. The van der Waals surface area contributed by atoms with Gasteiger partial charge in [0.2, 0.25) is 0 Å². The average Bonchev–Trinajstić information content (AvgIpc) is 2.32. The molecule has 0 aliphatic carbocycles. The van der Waals surface area contributed by atoms with Gasteiger partial charge in [-0.2, -0.15) is 0 Å². The van der Waals surface area contributed by atoms with Crippen molar-refractivity contribution in [3.63, 3.8) is 0 Å². The van der Waals surface area contributed by atoms with Crippen LogP contribution in [0.1, 0.15) is 13.8 Å². The SMILES string of the molecule is CC(C)C(Oc1cccc(Cl)c1)C(=O)NCCO. The van der Waals surface area contributed by atoms with Crippen LogP contribution in [0.2, 0.25) is 5.02 Å². The zero-order valence-corrected chi connectivity index (χ0v) is 11.3. The molecule has 1 aromatic carbocycles. The highest BCUT2D eigenvalue weighted by molar-refractivity contribution is 6.30. The summed E-state index contributed by atoms with van der Waals surface area (Å²) in [7, 11) is 0. The summed E-state index contributed by atoms with van der Waals surface area (Å²) in [6.45, 7) is 3.93. The maximum absolute atomic E-state index is 11.9. The van der Waals surface area contributed by atoms with Crippen molar-refractivity contribution in [3.05, 3.63) is 29.3 Å². The fourth-order valence-electron chi connectivity index (χ4n) is 1.46. The van der Waals surface area contributed by atoms with Gasteiger partial charge < -0.3 is 15.2 Å². The molecule has 0 fully saturated rings. The van der Waals surface area contributed by atoms with Crippen molar-refractivity contribution in [2.45, 2.75) is 20.0 Å². The van der Waals surface area contributed by atoms with Crippen LogP contribution in [0.3, 0.4) is 0 Å². The second kappa shape index (κ2) is 7.24. The Balaban J connectivity index is 2.71. The quantitative estimate of drug-likeness (QED) is 0.830. The van der Waals surface area contributed by atoms with E-state index in [1.54, 1.807) is 24.3 Å². The van der Waals surface area contributed by atoms with Gasteiger partial charge in [-0.1, -0.05) is 31.5 Å². The fraction of sp³-hybridized carbons (Fsp3) is 0.462. The Bertz CT molecular complexity index is 396. The number of aliphatic hydroxyl groups excluding tert-OH is 1. The van der Waals surface area contributed by atoms with E-state index in [0.717, 1.165) is 0 Å². The lowest BCUT2D eigenvalue weighted by molar-refractivity contribution is -0.129. The molecule has 0 saturated heterocycles. The van der Waals surface area contributed by atoms with Crippen LogP contribution in [-0.4, -0.2) is 30.3 Å². The summed E-state index contributed by atoms with van der Waals surface area (Å²) in [5.74, 6) is 0.335. The lowest BCUT2D eigenvalue weighted by atomic mass is 10.1. The zero-order chi connectivity index (χ0) is 13.5. The van der Waals surface area contributed by atoms with Crippen molar-refractivity contribution in [1.29, 1.82) is 0 Å². The van der Waals surface area contributed by atoms with Crippen molar-refractivity contribution in [2.24, 2.45) is 5.92 Å². The van der Waals surface area contributed by atoms with E-state index in [1.807, 2.05) is 13.8 Å². The number of ether oxygens (including phenoxy) is 1. The van der Waals surface area contributed by atoms with E-state index in [2.05, 4.69) is 5.32 Å². The fourth-order valence-corrected chi connectivity index (χ4v) is 1.64. The van der Waals surface area contributed by atoms with Crippen LogP contribution in [0.4, 0.5) is 0 Å². The third-order valence-corrected chi connectivity index (χ3v) is 2.57. The Hall–Kier alpha value is -1.26. The van der Waals surface area contributed by atoms with Crippen LogP contribution in [0, 0.1) is 5.92 Å². The van der Waals surface area contributed by atoms with Gasteiger partial charge in [-0.15, -0.1) is 0 Å². The third-order valence-electron chi connectivity index (χ3n) is 2.33. The van der Waals surface area contributed by atoms with Gasteiger partial charge in [0, 0.05) is 11.6 Å². The van der Waals surface area contributed by atoms with E-state index >= 15 is 0 Å². The number of hydrogen-bond donors (Lipinski definition) is 2. The van der Waals surface area contributed by atoms with Crippen molar-refractivity contribution >= 4 is 17.5 Å². The van der Waals surface area contributed by atoms with Gasteiger partial charge >= 0.3 is 0 Å². The molecule has 0 heterocycles. The molecule has 4 nitrogen and oxygen atoms in total. The standard InChI is InChI=1S/C13H18ClNO3/c1-9(2)12(13(17)15-6-7-16)18-11-5-3-4-10(14)8-11/h3-5,8-9,12,16H,6-7H2,1-2H3,(H,15,17). The molecule has 0 aliphatic heterocycles. The van der Waals surface area contributed by atoms with Crippen molar-refractivity contribution in [2.75, 3.05) is 13.2 Å². The number of nitrogens with one attached hydrogen (secondary N) is 1. The largest absolute Gasteiger partial charge is 0.480 e. The summed E-state index contributed by atoms with van der Waals surface area (Å²) in [6, 6.07) is 6.92. The number of hydrogen-bond acceptors (Lipinski definition) is 3. The minimum atomic E-state index is -0.602. The lowest BCUT2D eigenvalue weighted by Gasteiger charge is -2.21. The Morgan fingerprint density at radius 2 is 2.22 bits per heavy atom. The second-order valence-electron chi connectivity index (χ2n) is 4.25. The molecule has 1 aromatic rings.